The van der Waals surface area contributed by atoms with Crippen molar-refractivity contribution in [2.24, 2.45) is 0 Å². The molecule has 0 aromatic heterocycles. The van der Waals surface area contributed by atoms with Gasteiger partial charge in [-0.25, -0.2) is 0 Å². The van der Waals surface area contributed by atoms with Gasteiger partial charge in [0.05, 0.1) is 0 Å². The molecule has 0 spiro atoms. The van der Waals surface area contributed by atoms with E-state index in [-0.39, 0.29) is 6.29 Å². The lowest BCUT2D eigenvalue weighted by molar-refractivity contribution is -0.142. The number of hydrogen-bond donors (Lipinski definition) is 0. The lowest BCUT2D eigenvalue weighted by Gasteiger charge is -2.39. The lowest BCUT2D eigenvalue weighted by Crippen LogP contribution is -2.51. The van der Waals surface area contributed by atoms with Crippen LogP contribution in [0.3, 0.4) is 0 Å². The first kappa shape index (κ1) is 15.9. The standard InChI is InChI=1S/C14H30N2O2/c1-5-13-12-16(11-10-15(13)4)9-8-14(17-6-2)18-7-3/h13-14H,5-12H2,1-4H3. The predicted octanol–water partition coefficient (Wildman–Crippen LogP) is 1.80. The Kier molecular flexibility index (Phi) is 7.82. The summed E-state index contributed by atoms with van der Waals surface area (Å²) < 4.78 is 11.2. The summed E-state index contributed by atoms with van der Waals surface area (Å²) in [7, 11) is 2.23. The second-order valence-electron chi connectivity index (χ2n) is 4.97. The van der Waals surface area contributed by atoms with Crippen molar-refractivity contribution in [1.29, 1.82) is 0 Å². The highest BCUT2D eigenvalue weighted by Gasteiger charge is 2.23. The zero-order valence-corrected chi connectivity index (χ0v) is 12.5. The zero-order chi connectivity index (χ0) is 13.4. The Hall–Kier alpha value is -0.160. The molecule has 1 heterocycles. The number of ether oxygens (including phenoxy) is 2. The molecule has 1 aliphatic heterocycles. The topological polar surface area (TPSA) is 24.9 Å². The third kappa shape index (κ3) is 5.22. The highest BCUT2D eigenvalue weighted by atomic mass is 16.7. The molecule has 0 radical (unpaired) electrons. The van der Waals surface area contributed by atoms with Gasteiger partial charge in [0.2, 0.25) is 0 Å². The summed E-state index contributed by atoms with van der Waals surface area (Å²) in [6.45, 7) is 12.4. The average molecular weight is 258 g/mol. The number of hydrogen-bond acceptors (Lipinski definition) is 4. The van der Waals surface area contributed by atoms with E-state index in [1.54, 1.807) is 0 Å². The molecule has 4 heteroatoms. The van der Waals surface area contributed by atoms with Crippen LogP contribution in [0.2, 0.25) is 0 Å². The van der Waals surface area contributed by atoms with Crippen molar-refractivity contribution >= 4 is 0 Å². The van der Waals surface area contributed by atoms with Crippen LogP contribution in [0.1, 0.15) is 33.6 Å². The highest BCUT2D eigenvalue weighted by Crippen LogP contribution is 2.12. The molecule has 0 aromatic carbocycles. The van der Waals surface area contributed by atoms with Gasteiger partial charge in [-0.1, -0.05) is 6.92 Å². The SMILES string of the molecule is CCOC(CCN1CCN(C)C(CC)C1)OCC. The molecule has 1 saturated heterocycles. The van der Waals surface area contributed by atoms with E-state index in [1.165, 1.54) is 19.5 Å². The van der Waals surface area contributed by atoms with Crippen LogP contribution >= 0.6 is 0 Å². The maximum atomic E-state index is 5.59. The largest absolute Gasteiger partial charge is 0.353 e. The van der Waals surface area contributed by atoms with E-state index in [9.17, 15) is 0 Å². The molecule has 0 N–H and O–H groups in total. The maximum absolute atomic E-state index is 5.59. The number of nitrogens with zero attached hydrogens (tertiary/aromatic N) is 2. The third-order valence-electron chi connectivity index (χ3n) is 3.72. The van der Waals surface area contributed by atoms with Crippen molar-refractivity contribution in [2.75, 3.05) is 46.4 Å². The van der Waals surface area contributed by atoms with Gasteiger partial charge in [0.1, 0.15) is 0 Å². The molecular formula is C14H30N2O2. The summed E-state index contributed by atoms with van der Waals surface area (Å²) in [5.41, 5.74) is 0. The predicted molar refractivity (Wildman–Crippen MR) is 74.8 cm³/mol. The second-order valence-corrected chi connectivity index (χ2v) is 4.97. The molecule has 1 unspecified atom stereocenters. The van der Waals surface area contributed by atoms with Gasteiger partial charge in [0.25, 0.3) is 0 Å². The summed E-state index contributed by atoms with van der Waals surface area (Å²) in [5.74, 6) is 0. The smallest absolute Gasteiger partial charge is 0.158 e. The van der Waals surface area contributed by atoms with Gasteiger partial charge >= 0.3 is 0 Å². The van der Waals surface area contributed by atoms with Crippen molar-refractivity contribution in [3.8, 4) is 0 Å². The zero-order valence-electron chi connectivity index (χ0n) is 12.5. The van der Waals surface area contributed by atoms with E-state index >= 15 is 0 Å². The van der Waals surface area contributed by atoms with Crippen molar-refractivity contribution in [2.45, 2.75) is 45.9 Å². The van der Waals surface area contributed by atoms with Crippen LogP contribution in [0.25, 0.3) is 0 Å². The van der Waals surface area contributed by atoms with Gasteiger partial charge in [-0.2, -0.15) is 0 Å². The van der Waals surface area contributed by atoms with Gasteiger partial charge in [-0.15, -0.1) is 0 Å². The normalized spacial score (nSPS) is 22.8. The molecule has 18 heavy (non-hydrogen) atoms. The molecule has 0 saturated carbocycles. The first-order valence-corrected chi connectivity index (χ1v) is 7.37. The van der Waals surface area contributed by atoms with Crippen LogP contribution in [0.5, 0.6) is 0 Å². The average Bonchev–Trinajstić information content (AvgIpc) is 2.38. The maximum Gasteiger partial charge on any atom is 0.158 e. The molecule has 1 rings (SSSR count). The summed E-state index contributed by atoms with van der Waals surface area (Å²) in [4.78, 5) is 5.01. The summed E-state index contributed by atoms with van der Waals surface area (Å²) >= 11 is 0. The fraction of sp³-hybridized carbons (Fsp3) is 1.00. The third-order valence-corrected chi connectivity index (χ3v) is 3.72. The van der Waals surface area contributed by atoms with Crippen LogP contribution in [-0.4, -0.2) is 68.6 Å². The second kappa shape index (κ2) is 8.86. The lowest BCUT2D eigenvalue weighted by atomic mass is 10.1. The molecule has 0 aliphatic carbocycles. The van der Waals surface area contributed by atoms with Crippen LogP contribution < -0.4 is 0 Å². The number of likely N-dealkylation sites (N-methyl/N-ethyl adjacent to an activating group) is 1. The van der Waals surface area contributed by atoms with Crippen LogP contribution in [0.4, 0.5) is 0 Å². The number of piperazine rings is 1. The quantitative estimate of drug-likeness (QED) is 0.620. The van der Waals surface area contributed by atoms with E-state index in [0.29, 0.717) is 6.04 Å². The molecule has 1 fully saturated rings. The van der Waals surface area contributed by atoms with E-state index in [2.05, 4.69) is 23.8 Å². The van der Waals surface area contributed by atoms with Gasteiger partial charge in [0.15, 0.2) is 6.29 Å². The Morgan fingerprint density at radius 2 is 1.78 bits per heavy atom. The van der Waals surface area contributed by atoms with E-state index in [0.717, 1.165) is 32.7 Å². The molecular weight excluding hydrogens is 228 g/mol. The van der Waals surface area contributed by atoms with Crippen molar-refractivity contribution in [3.05, 3.63) is 0 Å². The number of rotatable bonds is 8. The first-order chi connectivity index (χ1) is 8.71. The summed E-state index contributed by atoms with van der Waals surface area (Å²) in [5, 5.41) is 0. The van der Waals surface area contributed by atoms with Gasteiger partial charge in [-0.05, 0) is 27.3 Å². The Morgan fingerprint density at radius 3 is 2.33 bits per heavy atom. The molecule has 4 nitrogen and oxygen atoms in total. The van der Waals surface area contributed by atoms with Gasteiger partial charge in [0, 0.05) is 51.9 Å². The minimum Gasteiger partial charge on any atom is -0.353 e. The minimum absolute atomic E-state index is 0.0280. The first-order valence-electron chi connectivity index (χ1n) is 7.37. The minimum atomic E-state index is -0.0280. The molecule has 0 amide bonds. The Morgan fingerprint density at radius 1 is 1.11 bits per heavy atom. The molecule has 1 atom stereocenters. The monoisotopic (exact) mass is 258 g/mol. The van der Waals surface area contributed by atoms with Crippen LogP contribution in [-0.2, 0) is 9.47 Å². The summed E-state index contributed by atoms with van der Waals surface area (Å²) in [6, 6.07) is 0.705. The van der Waals surface area contributed by atoms with Crippen LogP contribution in [0, 0.1) is 0 Å². The van der Waals surface area contributed by atoms with E-state index in [1.807, 2.05) is 13.8 Å². The molecule has 1 aliphatic rings. The fourth-order valence-electron chi connectivity index (χ4n) is 2.53. The fourth-order valence-corrected chi connectivity index (χ4v) is 2.53. The Labute approximate surface area is 112 Å². The Balaban J connectivity index is 2.29. The Bertz CT molecular complexity index is 208. The highest BCUT2D eigenvalue weighted by molar-refractivity contribution is 4.79. The molecule has 108 valence electrons. The van der Waals surface area contributed by atoms with Gasteiger partial charge < -0.3 is 19.3 Å². The van der Waals surface area contributed by atoms with Gasteiger partial charge in [-0.3, -0.25) is 0 Å². The molecule has 0 aromatic rings. The van der Waals surface area contributed by atoms with Crippen molar-refractivity contribution < 1.29 is 9.47 Å². The van der Waals surface area contributed by atoms with Crippen molar-refractivity contribution in [1.82, 2.24) is 9.80 Å². The molecule has 0 bridgehead atoms. The van der Waals surface area contributed by atoms with E-state index in [4.69, 9.17) is 9.47 Å². The van der Waals surface area contributed by atoms with E-state index < -0.39 is 0 Å². The van der Waals surface area contributed by atoms with Crippen LogP contribution in [0.15, 0.2) is 0 Å². The van der Waals surface area contributed by atoms with Crippen molar-refractivity contribution in [3.63, 3.8) is 0 Å². The summed E-state index contributed by atoms with van der Waals surface area (Å²) in [6.07, 6.45) is 2.18.